The van der Waals surface area contributed by atoms with E-state index < -0.39 is 0 Å². The average molecular weight is 327 g/mol. The van der Waals surface area contributed by atoms with Gasteiger partial charge in [-0.15, -0.1) is 0 Å². The molecule has 0 bridgehead atoms. The lowest BCUT2D eigenvalue weighted by atomic mass is 9.92. The molecule has 1 aromatic carbocycles. The minimum atomic E-state index is -0.347. The Morgan fingerprint density at radius 1 is 1.47 bits per heavy atom. The molecule has 5 heteroatoms. The first kappa shape index (κ1) is 14.3. The molecular weight excluding hydrogens is 308 g/mol. The van der Waals surface area contributed by atoms with E-state index in [1.54, 1.807) is 13.0 Å². The summed E-state index contributed by atoms with van der Waals surface area (Å²) in [7, 11) is 0. The summed E-state index contributed by atoms with van der Waals surface area (Å²) in [5, 5.41) is 14.3. The lowest BCUT2D eigenvalue weighted by molar-refractivity contribution is -0.385. The molecular formula is C14H19BrN2O2. The quantitative estimate of drug-likeness (QED) is 0.639. The predicted molar refractivity (Wildman–Crippen MR) is 80.5 cm³/mol. The van der Waals surface area contributed by atoms with Gasteiger partial charge in [0.05, 0.1) is 4.92 Å². The first-order valence-corrected chi connectivity index (χ1v) is 7.33. The van der Waals surface area contributed by atoms with Crippen molar-refractivity contribution in [2.24, 2.45) is 11.3 Å². The number of hydrogen-bond donors (Lipinski definition) is 1. The molecule has 0 amide bonds. The van der Waals surface area contributed by atoms with Crippen molar-refractivity contribution in [3.63, 3.8) is 0 Å². The monoisotopic (exact) mass is 326 g/mol. The Morgan fingerprint density at radius 3 is 2.58 bits per heavy atom. The van der Waals surface area contributed by atoms with Crippen molar-refractivity contribution < 1.29 is 4.92 Å². The number of anilines is 1. The molecule has 0 aliphatic heterocycles. The van der Waals surface area contributed by atoms with Crippen LogP contribution in [0, 0.1) is 28.4 Å². The van der Waals surface area contributed by atoms with Crippen molar-refractivity contribution in [2.75, 3.05) is 11.9 Å². The Kier molecular flexibility index (Phi) is 3.85. The second-order valence-electron chi connectivity index (χ2n) is 5.75. The summed E-state index contributed by atoms with van der Waals surface area (Å²) < 4.78 is 0.754. The van der Waals surface area contributed by atoms with Gasteiger partial charge in [0.1, 0.15) is 0 Å². The summed E-state index contributed by atoms with van der Waals surface area (Å²) in [4.78, 5) is 10.5. The third kappa shape index (κ3) is 2.91. The van der Waals surface area contributed by atoms with Crippen molar-refractivity contribution in [1.82, 2.24) is 0 Å². The van der Waals surface area contributed by atoms with Gasteiger partial charge in [0.2, 0.25) is 0 Å². The van der Waals surface area contributed by atoms with Crippen molar-refractivity contribution in [1.29, 1.82) is 0 Å². The summed E-state index contributed by atoms with van der Waals surface area (Å²) in [6, 6.07) is 3.42. The largest absolute Gasteiger partial charge is 0.384 e. The van der Waals surface area contributed by atoms with E-state index in [1.165, 1.54) is 12.8 Å². The summed E-state index contributed by atoms with van der Waals surface area (Å²) in [6.45, 7) is 7.21. The molecule has 0 saturated heterocycles. The smallest absolute Gasteiger partial charge is 0.273 e. The van der Waals surface area contributed by atoms with Crippen molar-refractivity contribution in [3.8, 4) is 0 Å². The molecule has 0 heterocycles. The number of aryl methyl sites for hydroxylation is 1. The molecule has 0 aromatic heterocycles. The zero-order valence-electron chi connectivity index (χ0n) is 11.5. The highest BCUT2D eigenvalue weighted by Crippen LogP contribution is 2.52. The number of nitro groups is 1. The lowest BCUT2D eigenvalue weighted by Gasteiger charge is -2.21. The Hall–Kier alpha value is -1.10. The zero-order chi connectivity index (χ0) is 14.2. The van der Waals surface area contributed by atoms with Gasteiger partial charge in [-0.05, 0) is 53.1 Å². The molecule has 1 saturated carbocycles. The van der Waals surface area contributed by atoms with E-state index in [0.717, 1.165) is 16.7 Å². The Balaban J connectivity index is 2.14. The highest BCUT2D eigenvalue weighted by atomic mass is 79.9. The standard InChI is InChI=1S/C14H19BrN2O2/c1-9(2)14(4-5-14)8-16-12-6-10(3)13(17(18)19)7-11(12)15/h6-7,9,16H,4-5,8H2,1-3H3. The zero-order valence-corrected chi connectivity index (χ0v) is 13.1. The molecule has 2 rings (SSSR count). The third-order valence-electron chi connectivity index (χ3n) is 4.23. The molecule has 4 nitrogen and oxygen atoms in total. The van der Waals surface area contributed by atoms with Crippen molar-refractivity contribution in [3.05, 3.63) is 32.3 Å². The first-order valence-electron chi connectivity index (χ1n) is 6.54. The van der Waals surface area contributed by atoms with Gasteiger partial charge >= 0.3 is 0 Å². The number of benzene rings is 1. The van der Waals surface area contributed by atoms with Crippen LogP contribution in [0.2, 0.25) is 0 Å². The van der Waals surface area contributed by atoms with Crippen LogP contribution < -0.4 is 5.32 Å². The predicted octanol–water partition coefficient (Wildman–Crippen LogP) is 4.51. The Labute approximate surface area is 121 Å². The summed E-state index contributed by atoms with van der Waals surface area (Å²) in [5.74, 6) is 0.665. The Bertz CT molecular complexity index is 510. The van der Waals surface area contributed by atoms with Gasteiger partial charge in [-0.2, -0.15) is 0 Å². The van der Waals surface area contributed by atoms with Crippen LogP contribution >= 0.6 is 15.9 Å². The van der Waals surface area contributed by atoms with Crippen LogP contribution in [0.15, 0.2) is 16.6 Å². The molecule has 1 aromatic rings. The SMILES string of the molecule is Cc1cc(NCC2(C(C)C)CC2)c(Br)cc1[N+](=O)[O-]. The molecule has 1 aliphatic rings. The number of nitro benzene ring substituents is 1. The van der Waals surface area contributed by atoms with Crippen LogP contribution in [0.1, 0.15) is 32.3 Å². The highest BCUT2D eigenvalue weighted by molar-refractivity contribution is 9.10. The fraction of sp³-hybridized carbons (Fsp3) is 0.571. The Morgan fingerprint density at radius 2 is 2.11 bits per heavy atom. The molecule has 0 radical (unpaired) electrons. The fourth-order valence-corrected chi connectivity index (χ4v) is 2.86. The second kappa shape index (κ2) is 5.12. The van der Waals surface area contributed by atoms with E-state index in [0.29, 0.717) is 16.9 Å². The number of nitrogens with zero attached hydrogens (tertiary/aromatic N) is 1. The van der Waals surface area contributed by atoms with Crippen LogP contribution in [-0.4, -0.2) is 11.5 Å². The molecule has 1 fully saturated rings. The van der Waals surface area contributed by atoms with Gasteiger partial charge in [0.25, 0.3) is 5.69 Å². The normalized spacial score (nSPS) is 16.5. The molecule has 104 valence electrons. The number of rotatable bonds is 5. The first-order chi connectivity index (χ1) is 8.85. The van der Waals surface area contributed by atoms with Gasteiger partial charge in [-0.1, -0.05) is 13.8 Å². The fourth-order valence-electron chi connectivity index (χ4n) is 2.39. The second-order valence-corrected chi connectivity index (χ2v) is 6.60. The lowest BCUT2D eigenvalue weighted by Crippen LogP contribution is -2.21. The summed E-state index contributed by atoms with van der Waals surface area (Å²) in [6.07, 6.45) is 2.53. The average Bonchev–Trinajstić information content (AvgIpc) is 3.10. The maximum atomic E-state index is 10.9. The molecule has 19 heavy (non-hydrogen) atoms. The van der Waals surface area contributed by atoms with Crippen molar-refractivity contribution >= 4 is 27.3 Å². The van der Waals surface area contributed by atoms with E-state index in [1.807, 2.05) is 6.07 Å². The summed E-state index contributed by atoms with van der Waals surface area (Å²) in [5.41, 5.74) is 2.19. The van der Waals surface area contributed by atoms with Gasteiger partial charge in [-0.3, -0.25) is 10.1 Å². The van der Waals surface area contributed by atoms with Crippen LogP contribution in [-0.2, 0) is 0 Å². The van der Waals surface area contributed by atoms with E-state index in [2.05, 4.69) is 35.1 Å². The topological polar surface area (TPSA) is 55.2 Å². The van der Waals surface area contributed by atoms with Gasteiger partial charge in [-0.25, -0.2) is 0 Å². The summed E-state index contributed by atoms with van der Waals surface area (Å²) >= 11 is 3.41. The van der Waals surface area contributed by atoms with Crippen LogP contribution in [0.4, 0.5) is 11.4 Å². The molecule has 1 N–H and O–H groups in total. The molecule has 1 aliphatic carbocycles. The van der Waals surface area contributed by atoms with Gasteiger partial charge < -0.3 is 5.32 Å². The number of nitrogens with one attached hydrogen (secondary N) is 1. The van der Waals surface area contributed by atoms with E-state index >= 15 is 0 Å². The van der Waals surface area contributed by atoms with Crippen LogP contribution in [0.5, 0.6) is 0 Å². The number of halogens is 1. The van der Waals surface area contributed by atoms with E-state index in [4.69, 9.17) is 0 Å². The van der Waals surface area contributed by atoms with Crippen LogP contribution in [0.3, 0.4) is 0 Å². The van der Waals surface area contributed by atoms with Crippen molar-refractivity contribution in [2.45, 2.75) is 33.6 Å². The van der Waals surface area contributed by atoms with Crippen LogP contribution in [0.25, 0.3) is 0 Å². The third-order valence-corrected chi connectivity index (χ3v) is 4.89. The molecule has 0 spiro atoms. The van der Waals surface area contributed by atoms with E-state index in [-0.39, 0.29) is 10.6 Å². The number of hydrogen-bond acceptors (Lipinski definition) is 3. The maximum Gasteiger partial charge on any atom is 0.273 e. The maximum absolute atomic E-state index is 10.9. The van der Waals surface area contributed by atoms with E-state index in [9.17, 15) is 10.1 Å². The molecule has 0 atom stereocenters. The minimum absolute atomic E-state index is 0.155. The van der Waals surface area contributed by atoms with Gasteiger partial charge in [0.15, 0.2) is 0 Å². The highest BCUT2D eigenvalue weighted by Gasteiger charge is 2.44. The minimum Gasteiger partial charge on any atom is -0.384 e. The van der Waals surface area contributed by atoms with Gasteiger partial charge in [0, 0.05) is 28.3 Å². The molecule has 0 unspecified atom stereocenters.